The van der Waals surface area contributed by atoms with Crippen molar-refractivity contribution in [2.24, 2.45) is 0 Å². The number of piperazine rings is 1. The van der Waals surface area contributed by atoms with E-state index in [1.165, 1.54) is 4.90 Å². The lowest BCUT2D eigenvalue weighted by atomic mass is 9.84. The number of hydrogen-bond donors (Lipinski definition) is 2. The van der Waals surface area contributed by atoms with Crippen LogP contribution in [0.1, 0.15) is 39.0 Å². The fourth-order valence-corrected chi connectivity index (χ4v) is 3.60. The number of rotatable bonds is 2. The van der Waals surface area contributed by atoms with Crippen molar-refractivity contribution in [1.82, 2.24) is 20.0 Å². The van der Waals surface area contributed by atoms with Gasteiger partial charge in [0.1, 0.15) is 5.57 Å². The van der Waals surface area contributed by atoms with Crippen LogP contribution in [0, 0.1) is 0 Å². The van der Waals surface area contributed by atoms with Gasteiger partial charge in [-0.3, -0.25) is 10.00 Å². The van der Waals surface area contributed by atoms with E-state index < -0.39 is 5.97 Å². The van der Waals surface area contributed by atoms with Crippen LogP contribution in [-0.4, -0.2) is 77.9 Å². The maximum Gasteiger partial charge on any atom is 0.342 e. The van der Waals surface area contributed by atoms with Crippen LogP contribution in [0.5, 0.6) is 0 Å². The fourth-order valence-electron chi connectivity index (χ4n) is 3.60. The van der Waals surface area contributed by atoms with Crippen LogP contribution in [0.15, 0.2) is 12.4 Å². The quantitative estimate of drug-likeness (QED) is 0.339. The SMILES string of the molecule is CC(C)OC(=O)C1=CN(C(=O)N2CC[NH+](C)CC2)CC(C)(C)c2cn[nH]c21.[I-]. The topological polar surface area (TPSA) is 83.0 Å². The summed E-state index contributed by atoms with van der Waals surface area (Å²) in [4.78, 5) is 30.9. The van der Waals surface area contributed by atoms with Crippen molar-refractivity contribution >= 4 is 17.6 Å². The van der Waals surface area contributed by atoms with Gasteiger partial charge in [-0.1, -0.05) is 13.8 Å². The highest BCUT2D eigenvalue weighted by molar-refractivity contribution is 6.16. The second-order valence-electron chi connectivity index (χ2n) is 8.39. The van der Waals surface area contributed by atoms with E-state index in [1.54, 1.807) is 17.3 Å². The minimum atomic E-state index is -0.450. The number of carbonyl (C=O) groups is 2. The van der Waals surface area contributed by atoms with E-state index in [4.69, 9.17) is 4.74 Å². The lowest BCUT2D eigenvalue weighted by molar-refractivity contribution is -0.883. The Morgan fingerprint density at radius 1 is 1.29 bits per heavy atom. The second kappa shape index (κ2) is 8.81. The van der Waals surface area contributed by atoms with Crippen LogP contribution in [-0.2, 0) is 14.9 Å². The Morgan fingerprint density at radius 3 is 2.54 bits per heavy atom. The number of amides is 2. The molecule has 1 aromatic rings. The first kappa shape index (κ1) is 22.7. The Bertz CT molecular complexity index is 751. The van der Waals surface area contributed by atoms with Gasteiger partial charge >= 0.3 is 12.0 Å². The number of urea groups is 1. The first-order valence-electron chi connectivity index (χ1n) is 9.53. The summed E-state index contributed by atoms with van der Waals surface area (Å²) in [5, 5.41) is 7.06. The number of H-pyrrole nitrogens is 1. The standard InChI is InChI=1S/C19H29N5O3.HI/c1-13(2)27-17(25)14-11-24(18(26)23-8-6-22(5)7-9-23)12-19(3,4)15-10-20-21-16(14)15;/h10-11,13H,6-9,12H2,1-5H3,(H,20,21);1H. The summed E-state index contributed by atoms with van der Waals surface area (Å²) in [6, 6.07) is -0.0662. The number of esters is 1. The molecule has 1 fully saturated rings. The first-order valence-corrected chi connectivity index (χ1v) is 9.53. The summed E-state index contributed by atoms with van der Waals surface area (Å²) in [6.45, 7) is 11.5. The molecule has 1 aromatic heterocycles. The number of fused-ring (bicyclic) bond motifs is 1. The smallest absolute Gasteiger partial charge is 0.342 e. The number of ether oxygens (including phenoxy) is 1. The zero-order chi connectivity index (χ0) is 19.8. The van der Waals surface area contributed by atoms with Crippen molar-refractivity contribution in [2.75, 3.05) is 39.8 Å². The third-order valence-electron chi connectivity index (χ3n) is 5.18. The molecule has 1 saturated heterocycles. The summed E-state index contributed by atoms with van der Waals surface area (Å²) in [6.07, 6.45) is 3.12. The zero-order valence-electron chi connectivity index (χ0n) is 17.2. The molecule has 156 valence electrons. The fraction of sp³-hybridized carbons (Fsp3) is 0.632. The second-order valence-corrected chi connectivity index (χ2v) is 8.39. The van der Waals surface area contributed by atoms with E-state index in [-0.39, 0.29) is 41.5 Å². The minimum Gasteiger partial charge on any atom is -1.00 e. The Kier molecular flexibility index (Phi) is 7.13. The number of aromatic amines is 1. The molecule has 0 saturated carbocycles. The summed E-state index contributed by atoms with van der Waals surface area (Å²) in [7, 11) is 2.14. The average molecular weight is 503 g/mol. The normalized spacial score (nSPS) is 19.4. The molecule has 8 nitrogen and oxygen atoms in total. The molecule has 0 bridgehead atoms. The van der Waals surface area contributed by atoms with Gasteiger partial charge in [-0.2, -0.15) is 5.10 Å². The maximum atomic E-state index is 13.2. The number of quaternary nitrogens is 1. The predicted molar refractivity (Wildman–Crippen MR) is 101 cm³/mol. The summed E-state index contributed by atoms with van der Waals surface area (Å²) in [5.41, 5.74) is 1.53. The number of likely N-dealkylation sites (N-methyl/N-ethyl adjacent to an activating group) is 1. The summed E-state index contributed by atoms with van der Waals surface area (Å²) < 4.78 is 5.42. The van der Waals surface area contributed by atoms with E-state index >= 15 is 0 Å². The molecule has 0 aliphatic carbocycles. The summed E-state index contributed by atoms with van der Waals surface area (Å²) >= 11 is 0. The van der Waals surface area contributed by atoms with Crippen molar-refractivity contribution in [3.63, 3.8) is 0 Å². The predicted octanol–water partition coefficient (Wildman–Crippen LogP) is -2.75. The van der Waals surface area contributed by atoms with E-state index in [2.05, 4.69) is 31.1 Å². The van der Waals surface area contributed by atoms with Crippen LogP contribution in [0.3, 0.4) is 0 Å². The molecule has 9 heteroatoms. The van der Waals surface area contributed by atoms with Gasteiger partial charge in [-0.05, 0) is 13.8 Å². The zero-order valence-corrected chi connectivity index (χ0v) is 19.4. The van der Waals surface area contributed by atoms with Gasteiger partial charge < -0.3 is 38.5 Å². The summed E-state index contributed by atoms with van der Waals surface area (Å²) in [5.74, 6) is -0.450. The molecular weight excluding hydrogens is 473 g/mol. The molecule has 28 heavy (non-hydrogen) atoms. The lowest BCUT2D eigenvalue weighted by Gasteiger charge is -2.35. The average Bonchev–Trinajstić information content (AvgIpc) is 3.04. The van der Waals surface area contributed by atoms with Gasteiger partial charge in [0.05, 0.1) is 51.2 Å². The highest BCUT2D eigenvalue weighted by Gasteiger charge is 2.37. The number of nitrogens with zero attached hydrogens (tertiary/aromatic N) is 3. The minimum absolute atomic E-state index is 0. The first-order chi connectivity index (χ1) is 12.7. The monoisotopic (exact) mass is 503 g/mol. The van der Waals surface area contributed by atoms with Crippen molar-refractivity contribution < 1.29 is 43.2 Å². The molecule has 3 heterocycles. The molecule has 2 aliphatic rings. The van der Waals surface area contributed by atoms with Gasteiger partial charge in [0.2, 0.25) is 0 Å². The molecule has 2 aliphatic heterocycles. The van der Waals surface area contributed by atoms with Crippen LogP contribution in [0.25, 0.3) is 5.57 Å². The number of hydrogen-bond acceptors (Lipinski definition) is 4. The largest absolute Gasteiger partial charge is 1.00 e. The molecule has 3 rings (SSSR count). The van der Waals surface area contributed by atoms with E-state index in [1.807, 2.05) is 18.7 Å². The van der Waals surface area contributed by atoms with Crippen molar-refractivity contribution in [1.29, 1.82) is 0 Å². The molecule has 2 N–H and O–H groups in total. The van der Waals surface area contributed by atoms with E-state index in [0.29, 0.717) is 30.9 Å². The van der Waals surface area contributed by atoms with Crippen LogP contribution in [0.4, 0.5) is 4.79 Å². The number of aromatic nitrogens is 2. The molecule has 2 amide bonds. The van der Waals surface area contributed by atoms with Crippen molar-refractivity contribution in [2.45, 2.75) is 39.2 Å². The van der Waals surface area contributed by atoms with E-state index in [9.17, 15) is 9.59 Å². The number of halogens is 1. The Balaban J connectivity index is 0.00000280. The highest BCUT2D eigenvalue weighted by Crippen LogP contribution is 2.34. The van der Waals surface area contributed by atoms with Gasteiger partial charge in [0, 0.05) is 23.7 Å². The molecule has 0 atom stereocenters. The number of nitrogens with one attached hydrogen (secondary N) is 2. The third-order valence-corrected chi connectivity index (χ3v) is 5.18. The van der Waals surface area contributed by atoms with Crippen molar-refractivity contribution in [3.05, 3.63) is 23.7 Å². The van der Waals surface area contributed by atoms with Crippen LogP contribution < -0.4 is 28.9 Å². The van der Waals surface area contributed by atoms with Gasteiger partial charge in [-0.15, -0.1) is 0 Å². The molecule has 0 aromatic carbocycles. The Hall–Kier alpha value is -1.62. The maximum absolute atomic E-state index is 13.2. The Morgan fingerprint density at radius 2 is 1.93 bits per heavy atom. The van der Waals surface area contributed by atoms with E-state index in [0.717, 1.165) is 18.7 Å². The molecule has 0 unspecified atom stereocenters. The lowest BCUT2D eigenvalue weighted by Crippen LogP contribution is -3.12. The van der Waals surface area contributed by atoms with Crippen molar-refractivity contribution in [3.8, 4) is 0 Å². The third kappa shape index (κ3) is 4.68. The highest BCUT2D eigenvalue weighted by atomic mass is 127. The van der Waals surface area contributed by atoms with Gasteiger partial charge in [0.15, 0.2) is 0 Å². The van der Waals surface area contributed by atoms with Crippen LogP contribution in [0.2, 0.25) is 0 Å². The van der Waals surface area contributed by atoms with Gasteiger partial charge in [-0.25, -0.2) is 9.59 Å². The number of carbonyl (C=O) groups excluding carboxylic acids is 2. The van der Waals surface area contributed by atoms with Gasteiger partial charge in [0.25, 0.3) is 0 Å². The molecule has 0 spiro atoms. The molecular formula is C19H30IN5O3. The van der Waals surface area contributed by atoms with Crippen LogP contribution >= 0.6 is 0 Å². The molecule has 0 radical (unpaired) electrons. The Labute approximate surface area is 183 Å².